The van der Waals surface area contributed by atoms with E-state index in [4.69, 9.17) is 5.26 Å². The van der Waals surface area contributed by atoms with Crippen LogP contribution < -0.4 is 0 Å². The molecule has 0 N–H and O–H groups in total. The molecule has 1 heterocycles. The lowest BCUT2D eigenvalue weighted by Gasteiger charge is -2.55. The minimum Gasteiger partial charge on any atom is -0.273 e. The Morgan fingerprint density at radius 1 is 1.03 bits per heavy atom. The highest BCUT2D eigenvalue weighted by atomic mass is 32.2. The van der Waals surface area contributed by atoms with Gasteiger partial charge in [0.2, 0.25) is 5.91 Å². The van der Waals surface area contributed by atoms with Gasteiger partial charge in [0.1, 0.15) is 5.41 Å². The van der Waals surface area contributed by atoms with Crippen molar-refractivity contribution >= 4 is 21.6 Å². The van der Waals surface area contributed by atoms with Crippen molar-refractivity contribution in [2.75, 3.05) is 0 Å². The van der Waals surface area contributed by atoms with Gasteiger partial charge in [-0.05, 0) is 41.8 Å². The van der Waals surface area contributed by atoms with Crippen molar-refractivity contribution in [1.82, 2.24) is 4.31 Å². The number of sulfonamides is 1. The third-order valence-electron chi connectivity index (χ3n) is 6.09. The molecule has 4 rings (SSSR count). The van der Waals surface area contributed by atoms with Gasteiger partial charge >= 0.3 is 0 Å². The molecule has 1 fully saturated rings. The second-order valence-corrected chi connectivity index (χ2v) is 9.50. The number of nitro groups is 1. The van der Waals surface area contributed by atoms with Gasteiger partial charge in [-0.2, -0.15) is 5.26 Å². The number of nitrogens with zero attached hydrogens (tertiary/aromatic N) is 3. The summed E-state index contributed by atoms with van der Waals surface area (Å²) in [5.41, 5.74) is 0.325. The van der Waals surface area contributed by atoms with Crippen LogP contribution in [0.4, 0.5) is 5.69 Å². The number of amides is 1. The molecule has 0 aliphatic carbocycles. The van der Waals surface area contributed by atoms with Crippen LogP contribution in [-0.4, -0.2) is 23.6 Å². The van der Waals surface area contributed by atoms with Gasteiger partial charge in [-0.15, -0.1) is 0 Å². The Kier molecular flexibility index (Phi) is 5.47. The quantitative estimate of drug-likeness (QED) is 0.310. The standard InChI is InChI=1S/C24H19N3O5S/c1-2-24(19-6-4-3-5-7-19)22(18-10-8-17(16-25)9-11-18)26(23(24)28)33(31,32)21-14-12-20(13-15-21)27(29)30/h3-15,22H,2H2,1H3/t22-,24+/m1/s1. The van der Waals surface area contributed by atoms with Crippen LogP contribution in [0.3, 0.4) is 0 Å². The highest BCUT2D eigenvalue weighted by Crippen LogP contribution is 2.56. The van der Waals surface area contributed by atoms with Crippen LogP contribution in [-0.2, 0) is 20.2 Å². The molecule has 1 amide bonds. The van der Waals surface area contributed by atoms with Gasteiger partial charge in [0.25, 0.3) is 15.7 Å². The Balaban J connectivity index is 1.87. The van der Waals surface area contributed by atoms with Gasteiger partial charge < -0.3 is 0 Å². The Labute approximate surface area is 190 Å². The lowest BCUT2D eigenvalue weighted by molar-refractivity contribution is -0.384. The van der Waals surface area contributed by atoms with Crippen LogP contribution in [0, 0.1) is 21.4 Å². The third kappa shape index (κ3) is 3.36. The Hall–Kier alpha value is -4.03. The van der Waals surface area contributed by atoms with E-state index in [0.717, 1.165) is 28.6 Å². The van der Waals surface area contributed by atoms with Crippen molar-refractivity contribution in [1.29, 1.82) is 5.26 Å². The van der Waals surface area contributed by atoms with Crippen molar-refractivity contribution in [3.8, 4) is 6.07 Å². The topological polar surface area (TPSA) is 121 Å². The molecular weight excluding hydrogens is 442 g/mol. The number of hydrogen-bond donors (Lipinski definition) is 0. The summed E-state index contributed by atoms with van der Waals surface area (Å²) in [4.78, 5) is 23.7. The monoisotopic (exact) mass is 461 g/mol. The van der Waals surface area contributed by atoms with E-state index in [2.05, 4.69) is 0 Å². The fourth-order valence-corrected chi connectivity index (χ4v) is 6.06. The fraction of sp³-hybridized carbons (Fsp3) is 0.167. The Morgan fingerprint density at radius 2 is 1.64 bits per heavy atom. The summed E-state index contributed by atoms with van der Waals surface area (Å²) in [6.45, 7) is 1.83. The lowest BCUT2D eigenvalue weighted by Crippen LogP contribution is -2.67. The molecule has 166 valence electrons. The van der Waals surface area contributed by atoms with Gasteiger partial charge in [-0.1, -0.05) is 49.4 Å². The first kappa shape index (κ1) is 22.2. The molecular formula is C24H19N3O5S. The average molecular weight is 461 g/mol. The van der Waals surface area contributed by atoms with Crippen LogP contribution in [0.5, 0.6) is 0 Å². The number of benzene rings is 3. The van der Waals surface area contributed by atoms with Crippen molar-refractivity contribution in [2.24, 2.45) is 0 Å². The lowest BCUT2D eigenvalue weighted by atomic mass is 9.63. The van der Waals surface area contributed by atoms with Crippen molar-refractivity contribution in [3.05, 3.63) is 106 Å². The summed E-state index contributed by atoms with van der Waals surface area (Å²) < 4.78 is 27.9. The molecule has 1 aliphatic heterocycles. The van der Waals surface area contributed by atoms with Gasteiger partial charge in [0.05, 0.1) is 27.5 Å². The summed E-state index contributed by atoms with van der Waals surface area (Å²) in [7, 11) is -4.30. The van der Waals surface area contributed by atoms with Gasteiger partial charge in [0.15, 0.2) is 0 Å². The molecule has 3 aromatic rings. The SMILES string of the molecule is CC[C@@]1(c2ccccc2)C(=O)N(S(=O)(=O)c2ccc([N+](=O)[O-])cc2)[C@@H]1c1ccc(C#N)cc1. The number of non-ortho nitro benzene ring substituents is 1. The predicted octanol–water partition coefficient (Wildman–Crippen LogP) is 4.09. The second kappa shape index (κ2) is 8.15. The molecule has 3 aromatic carbocycles. The first-order valence-electron chi connectivity index (χ1n) is 10.2. The predicted molar refractivity (Wildman–Crippen MR) is 119 cm³/mol. The Morgan fingerprint density at radius 3 is 2.15 bits per heavy atom. The number of nitro benzene ring substituents is 1. The second-order valence-electron chi connectivity index (χ2n) is 7.68. The number of β-lactam (4-membered cyclic amide) rings is 1. The van der Waals surface area contributed by atoms with E-state index in [1.807, 2.05) is 19.1 Å². The number of carbonyl (C=O) groups is 1. The molecule has 0 radical (unpaired) electrons. The summed E-state index contributed by atoms with van der Waals surface area (Å²) in [6, 6.07) is 21.1. The summed E-state index contributed by atoms with van der Waals surface area (Å²) in [5.74, 6) is -0.566. The maximum atomic E-state index is 13.6. The zero-order chi connectivity index (χ0) is 23.8. The molecule has 9 heteroatoms. The van der Waals surface area contributed by atoms with E-state index in [9.17, 15) is 23.3 Å². The first-order chi connectivity index (χ1) is 15.8. The van der Waals surface area contributed by atoms with E-state index < -0.39 is 32.3 Å². The summed E-state index contributed by atoms with van der Waals surface area (Å²) >= 11 is 0. The molecule has 2 atom stereocenters. The minimum atomic E-state index is -4.30. The zero-order valence-corrected chi connectivity index (χ0v) is 18.4. The van der Waals surface area contributed by atoms with Crippen LogP contribution in [0.25, 0.3) is 0 Å². The van der Waals surface area contributed by atoms with Crippen LogP contribution in [0.15, 0.2) is 83.8 Å². The molecule has 8 nitrogen and oxygen atoms in total. The van der Waals surface area contributed by atoms with Crippen LogP contribution >= 0.6 is 0 Å². The summed E-state index contributed by atoms with van der Waals surface area (Å²) in [6.07, 6.45) is 0.354. The fourth-order valence-electron chi connectivity index (χ4n) is 4.39. The average Bonchev–Trinajstić information content (AvgIpc) is 2.83. The minimum absolute atomic E-state index is 0.210. The highest BCUT2D eigenvalue weighted by Gasteiger charge is 2.65. The van der Waals surface area contributed by atoms with Gasteiger partial charge in [-0.25, -0.2) is 12.7 Å². The van der Waals surface area contributed by atoms with Crippen LogP contribution in [0.1, 0.15) is 36.1 Å². The Bertz CT molecular complexity index is 1360. The summed E-state index contributed by atoms with van der Waals surface area (Å²) in [5, 5.41) is 20.1. The number of nitriles is 1. The molecule has 1 saturated heterocycles. The normalized spacial score (nSPS) is 20.1. The van der Waals surface area contributed by atoms with E-state index in [0.29, 0.717) is 23.1 Å². The first-order valence-corrected chi connectivity index (χ1v) is 11.6. The number of carbonyl (C=O) groups excluding carboxylic acids is 1. The van der Waals surface area contributed by atoms with Gasteiger partial charge in [0, 0.05) is 12.1 Å². The molecule has 0 spiro atoms. The molecule has 0 unspecified atom stereocenters. The maximum Gasteiger partial charge on any atom is 0.269 e. The highest BCUT2D eigenvalue weighted by molar-refractivity contribution is 7.89. The largest absolute Gasteiger partial charge is 0.273 e. The maximum absolute atomic E-state index is 13.6. The van der Waals surface area contributed by atoms with E-state index in [-0.39, 0.29) is 10.6 Å². The van der Waals surface area contributed by atoms with Crippen molar-refractivity contribution in [2.45, 2.75) is 29.7 Å². The molecule has 0 aromatic heterocycles. The van der Waals surface area contributed by atoms with Gasteiger partial charge in [-0.3, -0.25) is 14.9 Å². The van der Waals surface area contributed by atoms with E-state index >= 15 is 0 Å². The molecule has 1 aliphatic rings. The third-order valence-corrected chi connectivity index (χ3v) is 7.85. The molecule has 0 saturated carbocycles. The number of hydrogen-bond acceptors (Lipinski definition) is 6. The smallest absolute Gasteiger partial charge is 0.269 e. The van der Waals surface area contributed by atoms with Crippen LogP contribution in [0.2, 0.25) is 0 Å². The zero-order valence-electron chi connectivity index (χ0n) is 17.6. The van der Waals surface area contributed by atoms with E-state index in [1.54, 1.807) is 48.5 Å². The van der Waals surface area contributed by atoms with E-state index in [1.165, 1.54) is 0 Å². The van der Waals surface area contributed by atoms with Crippen molar-refractivity contribution in [3.63, 3.8) is 0 Å². The molecule has 33 heavy (non-hydrogen) atoms. The number of rotatable bonds is 6. The van der Waals surface area contributed by atoms with Crippen molar-refractivity contribution < 1.29 is 18.1 Å². The molecule has 0 bridgehead atoms.